The summed E-state index contributed by atoms with van der Waals surface area (Å²) in [6.07, 6.45) is 0. The van der Waals surface area contributed by atoms with Gasteiger partial charge in [-0.25, -0.2) is 22.7 Å². The van der Waals surface area contributed by atoms with E-state index in [-0.39, 0.29) is 28.5 Å². The summed E-state index contributed by atoms with van der Waals surface area (Å²) < 4.78 is 41.7. The second-order valence-electron chi connectivity index (χ2n) is 5.84. The summed E-state index contributed by atoms with van der Waals surface area (Å²) >= 11 is 0. The standard InChI is InChI=1S/C17H19N5O9S/c1-9(23)22(26)10-5-6-11(15(24)31-4)12(7-10)32(27,28)21-17(25)20-16-18-13(29-2)8-14(19-16)30-3/h5-8,26H,1-4H3,(H2,18,19,20,21,25). The Morgan fingerprint density at radius 1 is 1.03 bits per heavy atom. The maximum atomic E-state index is 12.8. The van der Waals surface area contributed by atoms with Crippen LogP contribution in [-0.2, 0) is 19.6 Å². The second kappa shape index (κ2) is 9.88. The van der Waals surface area contributed by atoms with E-state index < -0.39 is 38.4 Å². The van der Waals surface area contributed by atoms with Gasteiger partial charge in [0.15, 0.2) is 0 Å². The van der Waals surface area contributed by atoms with E-state index in [2.05, 4.69) is 20.0 Å². The van der Waals surface area contributed by atoms with Gasteiger partial charge in [-0.1, -0.05) is 0 Å². The van der Waals surface area contributed by atoms with Gasteiger partial charge in [0, 0.05) is 6.92 Å². The Hall–Kier alpha value is -3.98. The number of benzene rings is 1. The number of anilines is 2. The quantitative estimate of drug-likeness (QED) is 0.292. The number of urea groups is 1. The number of nitrogens with zero attached hydrogens (tertiary/aromatic N) is 3. The molecule has 172 valence electrons. The highest BCUT2D eigenvalue weighted by atomic mass is 32.2. The van der Waals surface area contributed by atoms with Crippen LogP contribution in [0.1, 0.15) is 17.3 Å². The van der Waals surface area contributed by atoms with Crippen molar-refractivity contribution in [2.45, 2.75) is 11.8 Å². The Morgan fingerprint density at radius 2 is 1.62 bits per heavy atom. The highest BCUT2D eigenvalue weighted by molar-refractivity contribution is 7.90. The first-order valence-corrected chi connectivity index (χ1v) is 10.0. The Morgan fingerprint density at radius 3 is 2.12 bits per heavy atom. The highest BCUT2D eigenvalue weighted by Gasteiger charge is 2.27. The van der Waals surface area contributed by atoms with Gasteiger partial charge in [0.2, 0.25) is 23.6 Å². The summed E-state index contributed by atoms with van der Waals surface area (Å²) in [6.45, 7) is 1.02. The molecule has 2 rings (SSSR count). The minimum atomic E-state index is -4.71. The van der Waals surface area contributed by atoms with E-state index >= 15 is 0 Å². The SMILES string of the molecule is COC(=O)c1ccc(N(O)C(C)=O)cc1S(=O)(=O)NC(=O)Nc1nc(OC)cc(OC)n1. The smallest absolute Gasteiger partial charge is 0.339 e. The molecule has 0 saturated heterocycles. The molecule has 32 heavy (non-hydrogen) atoms. The van der Waals surface area contributed by atoms with Crippen LogP contribution in [0.3, 0.4) is 0 Å². The van der Waals surface area contributed by atoms with Crippen molar-refractivity contribution in [1.29, 1.82) is 0 Å². The molecule has 1 heterocycles. The summed E-state index contributed by atoms with van der Waals surface area (Å²) in [5, 5.41) is 12.0. The predicted molar refractivity (Wildman–Crippen MR) is 107 cm³/mol. The molecule has 3 amide bonds. The Bertz CT molecular complexity index is 1130. The molecule has 0 unspecified atom stereocenters. The van der Waals surface area contributed by atoms with Gasteiger partial charge in [0.05, 0.1) is 38.6 Å². The molecule has 0 saturated carbocycles. The third-order valence-electron chi connectivity index (χ3n) is 3.75. The van der Waals surface area contributed by atoms with Crippen molar-refractivity contribution in [2.75, 3.05) is 31.7 Å². The first kappa shape index (κ1) is 24.3. The van der Waals surface area contributed by atoms with Gasteiger partial charge in [-0.3, -0.25) is 15.3 Å². The zero-order chi connectivity index (χ0) is 24.1. The molecule has 0 aliphatic heterocycles. The molecule has 14 nitrogen and oxygen atoms in total. The lowest BCUT2D eigenvalue weighted by atomic mass is 10.2. The number of carbonyl (C=O) groups is 3. The van der Waals surface area contributed by atoms with E-state index in [0.717, 1.165) is 32.2 Å². The summed E-state index contributed by atoms with van der Waals surface area (Å²) in [5.41, 5.74) is -0.723. The van der Waals surface area contributed by atoms with E-state index in [1.54, 1.807) is 4.72 Å². The fourth-order valence-electron chi connectivity index (χ4n) is 2.30. The van der Waals surface area contributed by atoms with Gasteiger partial charge in [-0.15, -0.1) is 0 Å². The molecule has 3 N–H and O–H groups in total. The molecular weight excluding hydrogens is 450 g/mol. The van der Waals surface area contributed by atoms with Crippen molar-refractivity contribution in [1.82, 2.24) is 14.7 Å². The van der Waals surface area contributed by atoms with Gasteiger partial charge < -0.3 is 14.2 Å². The van der Waals surface area contributed by atoms with E-state index in [9.17, 15) is 28.0 Å². The molecule has 15 heteroatoms. The molecule has 0 bridgehead atoms. The van der Waals surface area contributed by atoms with Crippen LogP contribution in [0.2, 0.25) is 0 Å². The lowest BCUT2D eigenvalue weighted by Gasteiger charge is -2.16. The lowest BCUT2D eigenvalue weighted by molar-refractivity contribution is -0.121. The summed E-state index contributed by atoms with van der Waals surface area (Å²) in [7, 11) is -1.07. The normalized spacial score (nSPS) is 10.7. The molecular formula is C17H19N5O9S. The maximum Gasteiger partial charge on any atom is 0.339 e. The van der Waals surface area contributed by atoms with Gasteiger partial charge in [0.25, 0.3) is 10.0 Å². The molecule has 0 fully saturated rings. The number of nitrogens with one attached hydrogen (secondary N) is 2. The first-order valence-electron chi connectivity index (χ1n) is 8.55. The van der Waals surface area contributed by atoms with Crippen molar-refractivity contribution < 1.29 is 42.2 Å². The predicted octanol–water partition coefficient (Wildman–Crippen LogP) is 0.533. The van der Waals surface area contributed by atoms with Gasteiger partial charge in [-0.05, 0) is 18.2 Å². The molecule has 0 aliphatic carbocycles. The van der Waals surface area contributed by atoms with Crippen LogP contribution in [-0.4, -0.2) is 62.8 Å². The number of hydrogen-bond donors (Lipinski definition) is 3. The van der Waals surface area contributed by atoms with Crippen molar-refractivity contribution in [3.8, 4) is 11.8 Å². The molecule has 0 radical (unpaired) electrons. The van der Waals surface area contributed by atoms with Gasteiger partial charge in [-0.2, -0.15) is 15.0 Å². The lowest BCUT2D eigenvalue weighted by Crippen LogP contribution is -2.36. The third kappa shape index (κ3) is 5.58. The van der Waals surface area contributed by atoms with Crippen molar-refractivity contribution in [3.63, 3.8) is 0 Å². The zero-order valence-electron chi connectivity index (χ0n) is 17.3. The molecule has 2 aromatic rings. The van der Waals surface area contributed by atoms with Crippen LogP contribution < -0.4 is 24.6 Å². The Balaban J connectivity index is 2.39. The van der Waals surface area contributed by atoms with Crippen LogP contribution in [0.5, 0.6) is 11.8 Å². The average molecular weight is 469 g/mol. The van der Waals surface area contributed by atoms with Crippen molar-refractivity contribution in [2.24, 2.45) is 0 Å². The minimum Gasteiger partial charge on any atom is -0.481 e. The number of amides is 3. The van der Waals surface area contributed by atoms with E-state index in [1.165, 1.54) is 20.3 Å². The fourth-order valence-corrected chi connectivity index (χ4v) is 3.42. The third-order valence-corrected chi connectivity index (χ3v) is 5.12. The van der Waals surface area contributed by atoms with Crippen LogP contribution in [0.15, 0.2) is 29.2 Å². The molecule has 0 aliphatic rings. The van der Waals surface area contributed by atoms with Crippen molar-refractivity contribution >= 4 is 39.6 Å². The number of carbonyl (C=O) groups excluding carboxylic acids is 3. The Labute approximate surface area is 182 Å². The van der Waals surface area contributed by atoms with Crippen LogP contribution in [0, 0.1) is 0 Å². The number of rotatable bonds is 7. The number of ether oxygens (including phenoxy) is 3. The first-order chi connectivity index (χ1) is 15.0. The summed E-state index contributed by atoms with van der Waals surface area (Å²) in [5.74, 6) is -2.14. The number of aromatic nitrogens is 2. The fraction of sp³-hybridized carbons (Fsp3) is 0.235. The Kier molecular flexibility index (Phi) is 7.50. The maximum absolute atomic E-state index is 12.8. The highest BCUT2D eigenvalue weighted by Crippen LogP contribution is 2.24. The number of sulfonamides is 1. The van der Waals surface area contributed by atoms with Crippen LogP contribution >= 0.6 is 0 Å². The summed E-state index contributed by atoms with van der Waals surface area (Å²) in [6, 6.07) is 2.98. The zero-order valence-corrected chi connectivity index (χ0v) is 18.1. The van der Waals surface area contributed by atoms with Gasteiger partial charge >= 0.3 is 12.0 Å². The monoisotopic (exact) mass is 469 g/mol. The van der Waals surface area contributed by atoms with Crippen LogP contribution in [0.4, 0.5) is 16.4 Å². The van der Waals surface area contributed by atoms with Crippen LogP contribution in [0.25, 0.3) is 0 Å². The van der Waals surface area contributed by atoms with Crippen molar-refractivity contribution in [3.05, 3.63) is 29.8 Å². The molecule has 0 spiro atoms. The number of methoxy groups -OCH3 is 3. The summed E-state index contributed by atoms with van der Waals surface area (Å²) in [4.78, 5) is 42.6. The van der Waals surface area contributed by atoms with Gasteiger partial charge in [0.1, 0.15) is 4.90 Å². The van der Waals surface area contributed by atoms with E-state index in [1.807, 2.05) is 0 Å². The number of esters is 1. The molecule has 1 aromatic heterocycles. The second-order valence-corrected chi connectivity index (χ2v) is 7.49. The minimum absolute atomic E-state index is 0.0305. The molecule has 0 atom stereocenters. The number of hydrogen-bond acceptors (Lipinski definition) is 11. The molecule has 1 aromatic carbocycles. The number of hydroxylamine groups is 1. The largest absolute Gasteiger partial charge is 0.481 e. The topological polar surface area (TPSA) is 186 Å². The van der Waals surface area contributed by atoms with E-state index in [4.69, 9.17) is 9.47 Å². The average Bonchev–Trinajstić information content (AvgIpc) is 2.76. The van der Waals surface area contributed by atoms with E-state index in [0.29, 0.717) is 0 Å².